The lowest BCUT2D eigenvalue weighted by atomic mass is 9.93. The summed E-state index contributed by atoms with van der Waals surface area (Å²) in [6, 6.07) is 0.879. The fourth-order valence-electron chi connectivity index (χ4n) is 1.40. The Bertz CT molecular complexity index is 236. The van der Waals surface area contributed by atoms with Crippen molar-refractivity contribution in [2.24, 2.45) is 11.5 Å². The van der Waals surface area contributed by atoms with Gasteiger partial charge in [0.2, 0.25) is 0 Å². The Morgan fingerprint density at radius 1 is 1.13 bits per heavy atom. The molecule has 0 radical (unpaired) electrons. The van der Waals surface area contributed by atoms with E-state index in [1.54, 1.807) is 6.92 Å². The van der Waals surface area contributed by atoms with Gasteiger partial charge in [-0.05, 0) is 32.1 Å². The zero-order chi connectivity index (χ0) is 11.9. The van der Waals surface area contributed by atoms with E-state index >= 15 is 0 Å². The van der Waals surface area contributed by atoms with Gasteiger partial charge in [0.15, 0.2) is 0 Å². The normalized spacial score (nSPS) is 26.7. The molecule has 1 aliphatic carbocycles. The first-order valence-electron chi connectivity index (χ1n) is 5.31. The van der Waals surface area contributed by atoms with Crippen molar-refractivity contribution >= 4 is 10.1 Å². The lowest BCUT2D eigenvalue weighted by Crippen LogP contribution is -2.33. The first-order chi connectivity index (χ1) is 6.85. The summed E-state index contributed by atoms with van der Waals surface area (Å²) in [6.45, 7) is 1.69. The third kappa shape index (κ3) is 10.1. The molecule has 1 aliphatic rings. The highest BCUT2D eigenvalue weighted by atomic mass is 32.2. The van der Waals surface area contributed by atoms with E-state index in [0.29, 0.717) is 18.5 Å². The zero-order valence-corrected chi connectivity index (χ0v) is 10.0. The summed E-state index contributed by atoms with van der Waals surface area (Å²) in [6.07, 6.45) is 4.98. The summed E-state index contributed by atoms with van der Waals surface area (Å²) >= 11 is 0. The molecule has 0 aromatic carbocycles. The van der Waals surface area contributed by atoms with Gasteiger partial charge in [-0.15, -0.1) is 0 Å². The second kappa shape index (κ2) is 7.16. The summed E-state index contributed by atoms with van der Waals surface area (Å²) in [5, 5.41) is 0. The highest BCUT2D eigenvalue weighted by Gasteiger charge is 2.13. The number of hydrogen-bond donors (Lipinski definition) is 3. The number of nitrogens with two attached hydrogens (primary N) is 2. The lowest BCUT2D eigenvalue weighted by Gasteiger charge is -2.22. The second-order valence-corrected chi connectivity index (χ2v) is 5.53. The second-order valence-electron chi connectivity index (χ2n) is 3.96. The van der Waals surface area contributed by atoms with Gasteiger partial charge in [-0.25, -0.2) is 0 Å². The van der Waals surface area contributed by atoms with E-state index in [4.69, 9.17) is 16.0 Å². The van der Waals surface area contributed by atoms with Gasteiger partial charge in [0, 0.05) is 12.1 Å². The highest BCUT2D eigenvalue weighted by molar-refractivity contribution is 7.85. The third-order valence-electron chi connectivity index (χ3n) is 2.28. The predicted octanol–water partition coefficient (Wildman–Crippen LogP) is 0.499. The smallest absolute Gasteiger partial charge is 0.264 e. The predicted molar refractivity (Wildman–Crippen MR) is 61.1 cm³/mol. The SMILES string of the molecule is CCCS(=O)(=O)O.NC1CCC(N)CC1. The maximum absolute atomic E-state index is 9.79. The Morgan fingerprint density at radius 2 is 1.47 bits per heavy atom. The van der Waals surface area contributed by atoms with Crippen molar-refractivity contribution in [2.45, 2.75) is 51.1 Å². The van der Waals surface area contributed by atoms with Crippen molar-refractivity contribution in [3.63, 3.8) is 0 Å². The Hall–Kier alpha value is -0.170. The molecule has 5 nitrogen and oxygen atoms in total. The quantitative estimate of drug-likeness (QED) is 0.607. The van der Waals surface area contributed by atoms with Crippen LogP contribution in [-0.4, -0.2) is 30.8 Å². The van der Waals surface area contributed by atoms with Crippen molar-refractivity contribution in [3.8, 4) is 0 Å². The first-order valence-corrected chi connectivity index (χ1v) is 6.92. The van der Waals surface area contributed by atoms with Crippen molar-refractivity contribution in [1.82, 2.24) is 0 Å². The van der Waals surface area contributed by atoms with Gasteiger partial charge in [0.1, 0.15) is 0 Å². The van der Waals surface area contributed by atoms with Crippen LogP contribution in [0.3, 0.4) is 0 Å². The van der Waals surface area contributed by atoms with E-state index in [1.165, 1.54) is 0 Å². The fraction of sp³-hybridized carbons (Fsp3) is 1.00. The molecule has 0 atom stereocenters. The summed E-state index contributed by atoms with van der Waals surface area (Å²) in [4.78, 5) is 0. The van der Waals surface area contributed by atoms with E-state index in [9.17, 15) is 8.42 Å². The molecular formula is C9H22N2O3S. The van der Waals surface area contributed by atoms with Gasteiger partial charge in [0.05, 0.1) is 5.75 Å². The van der Waals surface area contributed by atoms with Crippen molar-refractivity contribution < 1.29 is 13.0 Å². The molecule has 92 valence electrons. The summed E-state index contributed by atoms with van der Waals surface area (Å²) in [5.74, 6) is -0.132. The van der Waals surface area contributed by atoms with E-state index in [0.717, 1.165) is 25.7 Å². The minimum Gasteiger partial charge on any atom is -0.328 e. The van der Waals surface area contributed by atoms with Gasteiger partial charge in [-0.1, -0.05) is 6.92 Å². The van der Waals surface area contributed by atoms with E-state index in [2.05, 4.69) is 0 Å². The minimum absolute atomic E-state index is 0.132. The van der Waals surface area contributed by atoms with Crippen LogP contribution in [0.4, 0.5) is 0 Å². The lowest BCUT2D eigenvalue weighted by molar-refractivity contribution is 0.395. The monoisotopic (exact) mass is 238 g/mol. The highest BCUT2D eigenvalue weighted by Crippen LogP contribution is 2.14. The Balaban J connectivity index is 0.000000265. The van der Waals surface area contributed by atoms with E-state index < -0.39 is 10.1 Å². The van der Waals surface area contributed by atoms with E-state index in [-0.39, 0.29) is 5.75 Å². The van der Waals surface area contributed by atoms with Crippen LogP contribution in [0.2, 0.25) is 0 Å². The van der Waals surface area contributed by atoms with Crippen LogP contribution < -0.4 is 11.5 Å². The average molecular weight is 238 g/mol. The van der Waals surface area contributed by atoms with Crippen LogP contribution in [0.1, 0.15) is 39.0 Å². The van der Waals surface area contributed by atoms with Crippen molar-refractivity contribution in [1.29, 1.82) is 0 Å². The fourth-order valence-corrected chi connectivity index (χ4v) is 1.92. The van der Waals surface area contributed by atoms with Crippen molar-refractivity contribution in [3.05, 3.63) is 0 Å². The molecule has 1 fully saturated rings. The molecule has 1 saturated carbocycles. The van der Waals surface area contributed by atoms with Crippen LogP contribution in [0.15, 0.2) is 0 Å². The summed E-state index contributed by atoms with van der Waals surface area (Å²) in [7, 11) is -3.67. The van der Waals surface area contributed by atoms with Crippen molar-refractivity contribution in [2.75, 3.05) is 5.75 Å². The molecule has 0 spiro atoms. The molecule has 0 aromatic rings. The number of rotatable bonds is 2. The topological polar surface area (TPSA) is 106 Å². The molecule has 15 heavy (non-hydrogen) atoms. The largest absolute Gasteiger partial charge is 0.328 e. The standard InChI is InChI=1S/C6H14N2.C3H8O3S/c7-5-1-2-6(8)4-3-5;1-2-3-7(4,5)6/h5-6H,1-4,7-8H2;2-3H2,1H3,(H,4,5,6). The molecule has 5 N–H and O–H groups in total. The van der Waals surface area contributed by atoms with Crippen LogP contribution >= 0.6 is 0 Å². The summed E-state index contributed by atoms with van der Waals surface area (Å²) < 4.78 is 27.6. The van der Waals surface area contributed by atoms with Crippen LogP contribution in [0.25, 0.3) is 0 Å². The molecule has 0 aliphatic heterocycles. The summed E-state index contributed by atoms with van der Waals surface area (Å²) in [5.41, 5.74) is 11.3. The van der Waals surface area contributed by atoms with Gasteiger partial charge >= 0.3 is 0 Å². The molecule has 0 heterocycles. The average Bonchev–Trinajstić information content (AvgIpc) is 2.09. The molecule has 1 rings (SSSR count). The Morgan fingerprint density at radius 3 is 1.60 bits per heavy atom. The van der Waals surface area contributed by atoms with Gasteiger partial charge in [-0.2, -0.15) is 8.42 Å². The molecular weight excluding hydrogens is 216 g/mol. The molecule has 0 aromatic heterocycles. The Kier molecular flexibility index (Phi) is 7.08. The maximum Gasteiger partial charge on any atom is 0.264 e. The zero-order valence-electron chi connectivity index (χ0n) is 9.22. The molecule has 0 saturated heterocycles. The maximum atomic E-state index is 9.79. The van der Waals surface area contributed by atoms with Gasteiger partial charge in [-0.3, -0.25) is 4.55 Å². The van der Waals surface area contributed by atoms with Crippen LogP contribution in [0.5, 0.6) is 0 Å². The van der Waals surface area contributed by atoms with Crippen LogP contribution in [0, 0.1) is 0 Å². The molecule has 6 heteroatoms. The van der Waals surface area contributed by atoms with Gasteiger partial charge in [0.25, 0.3) is 10.1 Å². The number of hydrogen-bond acceptors (Lipinski definition) is 4. The first kappa shape index (κ1) is 14.8. The third-order valence-corrected chi connectivity index (χ3v) is 3.20. The van der Waals surface area contributed by atoms with Crippen LogP contribution in [-0.2, 0) is 10.1 Å². The van der Waals surface area contributed by atoms with E-state index in [1.807, 2.05) is 0 Å². The van der Waals surface area contributed by atoms with Gasteiger partial charge < -0.3 is 11.5 Å². The molecule has 0 unspecified atom stereocenters. The Labute approximate surface area is 92.0 Å². The minimum atomic E-state index is -3.67. The molecule has 0 bridgehead atoms. The molecule has 0 amide bonds.